The number of furan rings is 1. The van der Waals surface area contributed by atoms with E-state index in [1.54, 1.807) is 0 Å². The van der Waals surface area contributed by atoms with E-state index in [0.717, 1.165) is 16.7 Å². The second-order valence-corrected chi connectivity index (χ2v) is 6.13. The summed E-state index contributed by atoms with van der Waals surface area (Å²) in [7, 11) is 0. The predicted octanol–water partition coefficient (Wildman–Crippen LogP) is 3.02. The number of carbonyl (C=O) groups excluding carboxylic acids is 1. The van der Waals surface area contributed by atoms with Gasteiger partial charge in [-0.25, -0.2) is 4.79 Å². The molecular weight excluding hydrogens is 320 g/mol. The smallest absolute Gasteiger partial charge is 0.314 e. The van der Waals surface area contributed by atoms with Gasteiger partial charge in [-0.2, -0.15) is 4.98 Å². The molecule has 0 bridgehead atoms. The van der Waals surface area contributed by atoms with Crippen LogP contribution in [-0.4, -0.2) is 29.3 Å². The lowest BCUT2D eigenvalue weighted by Gasteiger charge is -2.05. The van der Waals surface area contributed by atoms with Crippen molar-refractivity contribution in [1.82, 2.24) is 20.8 Å². The van der Waals surface area contributed by atoms with Crippen molar-refractivity contribution in [2.75, 3.05) is 13.1 Å². The van der Waals surface area contributed by atoms with E-state index < -0.39 is 0 Å². The van der Waals surface area contributed by atoms with Crippen molar-refractivity contribution >= 4 is 17.0 Å². The number of amides is 2. The molecule has 3 aromatic rings. The van der Waals surface area contributed by atoms with Crippen molar-refractivity contribution < 1.29 is 13.7 Å². The second-order valence-electron chi connectivity index (χ2n) is 6.13. The molecule has 3 rings (SSSR count). The molecule has 0 radical (unpaired) electrons. The van der Waals surface area contributed by atoms with E-state index in [1.807, 2.05) is 44.2 Å². The number of rotatable bonds is 7. The molecule has 0 aliphatic heterocycles. The lowest BCUT2D eigenvalue weighted by molar-refractivity contribution is 0.240. The molecule has 2 aromatic heterocycles. The Labute approximate surface area is 145 Å². The molecule has 7 nitrogen and oxygen atoms in total. The zero-order valence-corrected chi connectivity index (χ0v) is 14.4. The summed E-state index contributed by atoms with van der Waals surface area (Å²) < 4.78 is 10.8. The highest BCUT2D eigenvalue weighted by Gasteiger charge is 2.10. The van der Waals surface area contributed by atoms with Crippen LogP contribution in [0.25, 0.3) is 11.0 Å². The maximum Gasteiger partial charge on any atom is 0.314 e. The van der Waals surface area contributed by atoms with Gasteiger partial charge >= 0.3 is 6.03 Å². The third-order valence-corrected chi connectivity index (χ3v) is 3.76. The lowest BCUT2D eigenvalue weighted by Crippen LogP contribution is -2.37. The summed E-state index contributed by atoms with van der Waals surface area (Å²) in [5.74, 6) is 2.30. The third-order valence-electron chi connectivity index (χ3n) is 3.76. The van der Waals surface area contributed by atoms with Crippen LogP contribution in [0.5, 0.6) is 0 Å². The number of para-hydroxylation sites is 1. The third kappa shape index (κ3) is 4.59. The second kappa shape index (κ2) is 7.83. The van der Waals surface area contributed by atoms with Crippen molar-refractivity contribution in [2.45, 2.75) is 32.6 Å². The molecule has 0 unspecified atom stereocenters. The minimum atomic E-state index is -0.222. The number of nitrogens with one attached hydrogen (secondary N) is 2. The summed E-state index contributed by atoms with van der Waals surface area (Å²) in [6.07, 6.45) is 1.15. The van der Waals surface area contributed by atoms with Gasteiger partial charge in [-0.15, -0.1) is 0 Å². The average molecular weight is 342 g/mol. The van der Waals surface area contributed by atoms with E-state index in [-0.39, 0.29) is 11.9 Å². The number of aromatic nitrogens is 2. The number of urea groups is 1. The van der Waals surface area contributed by atoms with E-state index in [4.69, 9.17) is 8.94 Å². The van der Waals surface area contributed by atoms with Crippen molar-refractivity contribution in [3.63, 3.8) is 0 Å². The minimum Gasteiger partial charge on any atom is -0.461 e. The van der Waals surface area contributed by atoms with Gasteiger partial charge in [0, 0.05) is 37.2 Å². The molecule has 2 heterocycles. The minimum absolute atomic E-state index is 0.222. The van der Waals surface area contributed by atoms with Gasteiger partial charge in [0.05, 0.1) is 0 Å². The fraction of sp³-hybridized carbons (Fsp3) is 0.389. The van der Waals surface area contributed by atoms with Gasteiger partial charge in [-0.1, -0.05) is 37.2 Å². The molecule has 0 saturated carbocycles. The van der Waals surface area contributed by atoms with E-state index in [2.05, 4.69) is 20.8 Å². The normalized spacial score (nSPS) is 11.2. The maximum absolute atomic E-state index is 11.8. The fourth-order valence-corrected chi connectivity index (χ4v) is 2.41. The largest absolute Gasteiger partial charge is 0.461 e. The summed E-state index contributed by atoms with van der Waals surface area (Å²) in [6, 6.07) is 9.62. The van der Waals surface area contributed by atoms with Crippen LogP contribution in [0.1, 0.15) is 37.2 Å². The molecule has 0 aliphatic carbocycles. The number of hydrogen-bond acceptors (Lipinski definition) is 5. The van der Waals surface area contributed by atoms with Gasteiger partial charge < -0.3 is 19.6 Å². The van der Waals surface area contributed by atoms with Crippen LogP contribution in [0.3, 0.4) is 0 Å². The van der Waals surface area contributed by atoms with Crippen LogP contribution in [0.15, 0.2) is 39.3 Å². The first kappa shape index (κ1) is 17.0. The topological polar surface area (TPSA) is 93.2 Å². The van der Waals surface area contributed by atoms with Gasteiger partial charge in [-0.3, -0.25) is 0 Å². The van der Waals surface area contributed by atoms with Crippen molar-refractivity contribution in [3.05, 3.63) is 47.8 Å². The number of hydrogen-bond donors (Lipinski definition) is 2. The Morgan fingerprint density at radius 2 is 1.92 bits per heavy atom. The molecule has 0 aliphatic rings. The van der Waals surface area contributed by atoms with Crippen LogP contribution in [-0.2, 0) is 12.8 Å². The maximum atomic E-state index is 11.8. The van der Waals surface area contributed by atoms with Gasteiger partial charge in [0.1, 0.15) is 11.3 Å². The van der Waals surface area contributed by atoms with E-state index >= 15 is 0 Å². The molecule has 132 valence electrons. The number of carbonyl (C=O) groups is 1. The lowest BCUT2D eigenvalue weighted by atomic mass is 10.2. The molecule has 0 spiro atoms. The highest BCUT2D eigenvalue weighted by Crippen LogP contribution is 2.18. The van der Waals surface area contributed by atoms with Crippen molar-refractivity contribution in [2.24, 2.45) is 0 Å². The monoisotopic (exact) mass is 342 g/mol. The summed E-state index contributed by atoms with van der Waals surface area (Å²) >= 11 is 0. The Bertz CT molecular complexity index is 805. The molecular formula is C18H22N4O3. The van der Waals surface area contributed by atoms with Crippen LogP contribution in [0.4, 0.5) is 4.79 Å². The van der Waals surface area contributed by atoms with Crippen LogP contribution < -0.4 is 10.6 Å². The molecule has 0 fully saturated rings. The highest BCUT2D eigenvalue weighted by molar-refractivity contribution is 5.77. The Hall–Kier alpha value is -2.83. The predicted molar refractivity (Wildman–Crippen MR) is 93.4 cm³/mol. The molecule has 2 amide bonds. The summed E-state index contributed by atoms with van der Waals surface area (Å²) in [5.41, 5.74) is 0.863. The Balaban J connectivity index is 1.36. The average Bonchev–Trinajstić information content (AvgIpc) is 3.21. The number of fused-ring (bicyclic) bond motifs is 1. The molecule has 1 aromatic carbocycles. The molecule has 0 saturated heterocycles. The zero-order valence-electron chi connectivity index (χ0n) is 14.4. The molecule has 25 heavy (non-hydrogen) atoms. The summed E-state index contributed by atoms with van der Waals surface area (Å²) in [4.78, 5) is 16.1. The van der Waals surface area contributed by atoms with Gasteiger partial charge in [0.2, 0.25) is 5.89 Å². The first-order chi connectivity index (χ1) is 12.1. The standard InChI is InChI=1S/C18H22N4O3/c1-12(2)17-21-16(25-22-17)8-10-20-18(23)19-9-7-14-11-13-5-3-4-6-15(13)24-14/h3-6,11-12H,7-10H2,1-2H3,(H2,19,20,23). The first-order valence-corrected chi connectivity index (χ1v) is 8.43. The van der Waals surface area contributed by atoms with E-state index in [1.165, 1.54) is 0 Å². The van der Waals surface area contributed by atoms with Gasteiger partial charge in [0.25, 0.3) is 0 Å². The fourth-order valence-electron chi connectivity index (χ4n) is 2.41. The van der Waals surface area contributed by atoms with E-state index in [0.29, 0.717) is 37.6 Å². The van der Waals surface area contributed by atoms with Gasteiger partial charge in [0.15, 0.2) is 5.82 Å². The number of benzene rings is 1. The van der Waals surface area contributed by atoms with Crippen LogP contribution >= 0.6 is 0 Å². The first-order valence-electron chi connectivity index (χ1n) is 8.43. The molecule has 7 heteroatoms. The van der Waals surface area contributed by atoms with E-state index in [9.17, 15) is 4.79 Å². The van der Waals surface area contributed by atoms with Crippen molar-refractivity contribution in [1.29, 1.82) is 0 Å². The van der Waals surface area contributed by atoms with Crippen LogP contribution in [0, 0.1) is 0 Å². The summed E-state index contributed by atoms with van der Waals surface area (Å²) in [6.45, 7) is 4.95. The van der Waals surface area contributed by atoms with Crippen molar-refractivity contribution in [3.8, 4) is 0 Å². The SMILES string of the molecule is CC(C)c1noc(CCNC(=O)NCCc2cc3ccccc3o2)n1. The summed E-state index contributed by atoms with van der Waals surface area (Å²) in [5, 5.41) is 10.5. The Morgan fingerprint density at radius 1 is 1.16 bits per heavy atom. The Morgan fingerprint density at radius 3 is 2.64 bits per heavy atom. The molecule has 2 N–H and O–H groups in total. The Kier molecular flexibility index (Phi) is 5.33. The van der Waals surface area contributed by atoms with Gasteiger partial charge in [-0.05, 0) is 12.1 Å². The highest BCUT2D eigenvalue weighted by atomic mass is 16.5. The zero-order chi connectivity index (χ0) is 17.6. The quantitative estimate of drug-likeness (QED) is 0.688. The molecule has 0 atom stereocenters. The number of nitrogens with zero attached hydrogens (tertiary/aromatic N) is 2. The van der Waals surface area contributed by atoms with Crippen LogP contribution in [0.2, 0.25) is 0 Å².